The molecular weight excluding hydrogens is 244 g/mol. The summed E-state index contributed by atoms with van der Waals surface area (Å²) >= 11 is 1.83. The van der Waals surface area contributed by atoms with E-state index in [1.807, 2.05) is 17.5 Å². The minimum atomic E-state index is 0.198. The summed E-state index contributed by atoms with van der Waals surface area (Å²) in [5, 5.41) is 14.1. The third-order valence-corrected chi connectivity index (χ3v) is 5.25. The molecule has 102 valence electrons. The van der Waals surface area contributed by atoms with Crippen LogP contribution in [0.5, 0.6) is 0 Å². The molecule has 0 aromatic carbocycles. The molecule has 2 rings (SSSR count). The average molecular weight is 268 g/mol. The Morgan fingerprint density at radius 1 is 1.56 bits per heavy atom. The number of aliphatic hydroxyl groups is 1. The fourth-order valence-electron chi connectivity index (χ4n) is 2.21. The van der Waals surface area contributed by atoms with Gasteiger partial charge in [0.05, 0.1) is 11.6 Å². The quantitative estimate of drug-likeness (QED) is 0.799. The Balaban J connectivity index is 1.83. The predicted octanol–water partition coefficient (Wildman–Crippen LogP) is 2.91. The van der Waals surface area contributed by atoms with Gasteiger partial charge in [0.2, 0.25) is 0 Å². The predicted molar refractivity (Wildman–Crippen MR) is 75.9 cm³/mol. The fourth-order valence-corrected chi connectivity index (χ4v) is 3.25. The molecule has 1 fully saturated rings. The average Bonchev–Trinajstić information content (AvgIpc) is 2.75. The maximum Gasteiger partial charge on any atom is 0.0959 e. The van der Waals surface area contributed by atoms with E-state index in [0.29, 0.717) is 5.92 Å². The molecule has 0 unspecified atom stereocenters. The van der Waals surface area contributed by atoms with Crippen LogP contribution in [0, 0.1) is 5.92 Å². The van der Waals surface area contributed by atoms with Crippen molar-refractivity contribution in [2.75, 3.05) is 6.61 Å². The summed E-state index contributed by atoms with van der Waals surface area (Å²) in [5.74, 6) is 1.24. The van der Waals surface area contributed by atoms with E-state index in [-0.39, 0.29) is 12.6 Å². The third-order valence-electron chi connectivity index (χ3n) is 4.09. The van der Waals surface area contributed by atoms with Crippen LogP contribution in [0.3, 0.4) is 0 Å². The Kier molecular flexibility index (Phi) is 5.15. The normalized spacial score (nSPS) is 19.5. The molecule has 0 bridgehead atoms. The Bertz CT molecular complexity index is 362. The van der Waals surface area contributed by atoms with Crippen molar-refractivity contribution in [3.8, 4) is 0 Å². The highest BCUT2D eigenvalue weighted by Crippen LogP contribution is 2.38. The van der Waals surface area contributed by atoms with Gasteiger partial charge in [-0.05, 0) is 18.8 Å². The Labute approximate surface area is 114 Å². The van der Waals surface area contributed by atoms with Crippen molar-refractivity contribution < 1.29 is 5.11 Å². The van der Waals surface area contributed by atoms with Crippen LogP contribution in [-0.4, -0.2) is 22.7 Å². The lowest BCUT2D eigenvalue weighted by Gasteiger charge is -2.23. The van der Waals surface area contributed by atoms with Crippen LogP contribution >= 0.6 is 11.3 Å². The van der Waals surface area contributed by atoms with Crippen molar-refractivity contribution in [3.05, 3.63) is 16.1 Å². The first kappa shape index (κ1) is 14.0. The topological polar surface area (TPSA) is 45.1 Å². The molecule has 1 saturated carbocycles. The molecule has 0 spiro atoms. The van der Waals surface area contributed by atoms with Crippen LogP contribution in [0.25, 0.3) is 0 Å². The standard InChI is InChI=1S/C14H24N2OS/c1-3-10(2)13(9-17)15-7-12-8-16-14(18-12)11-5-4-6-11/h8,10-11,13,15,17H,3-7,9H2,1-2H3/t10-,13-/m1/s1. The first-order valence-corrected chi connectivity index (χ1v) is 7.85. The second kappa shape index (κ2) is 6.64. The SMILES string of the molecule is CC[C@@H](C)[C@@H](CO)NCc1cnc(C2CCC2)s1. The monoisotopic (exact) mass is 268 g/mol. The minimum Gasteiger partial charge on any atom is -0.395 e. The van der Waals surface area contributed by atoms with Gasteiger partial charge in [0.15, 0.2) is 0 Å². The Hall–Kier alpha value is -0.450. The lowest BCUT2D eigenvalue weighted by molar-refractivity contribution is 0.201. The first-order chi connectivity index (χ1) is 8.74. The number of hydrogen-bond acceptors (Lipinski definition) is 4. The van der Waals surface area contributed by atoms with Gasteiger partial charge in [-0.25, -0.2) is 4.98 Å². The van der Waals surface area contributed by atoms with Gasteiger partial charge in [0.25, 0.3) is 0 Å². The largest absolute Gasteiger partial charge is 0.395 e. The zero-order valence-electron chi connectivity index (χ0n) is 11.4. The zero-order valence-corrected chi connectivity index (χ0v) is 12.2. The second-order valence-corrected chi connectivity index (χ2v) is 6.49. The molecule has 1 aliphatic carbocycles. The molecule has 1 aromatic heterocycles. The summed E-state index contributed by atoms with van der Waals surface area (Å²) in [6.45, 7) is 5.39. The lowest BCUT2D eigenvalue weighted by Crippen LogP contribution is -2.37. The van der Waals surface area contributed by atoms with Crippen molar-refractivity contribution in [1.82, 2.24) is 10.3 Å². The van der Waals surface area contributed by atoms with Crippen LogP contribution in [0.2, 0.25) is 0 Å². The molecule has 18 heavy (non-hydrogen) atoms. The molecule has 0 aliphatic heterocycles. The summed E-state index contributed by atoms with van der Waals surface area (Å²) < 4.78 is 0. The molecule has 1 heterocycles. The summed E-state index contributed by atoms with van der Waals surface area (Å²) in [7, 11) is 0. The third kappa shape index (κ3) is 3.31. The van der Waals surface area contributed by atoms with Gasteiger partial charge in [0.1, 0.15) is 0 Å². The second-order valence-electron chi connectivity index (χ2n) is 5.35. The summed E-state index contributed by atoms with van der Waals surface area (Å²) in [6.07, 6.45) is 7.07. The summed E-state index contributed by atoms with van der Waals surface area (Å²) in [4.78, 5) is 5.81. The molecule has 0 radical (unpaired) electrons. The molecule has 2 N–H and O–H groups in total. The molecule has 0 saturated heterocycles. The van der Waals surface area contributed by atoms with E-state index in [0.717, 1.165) is 18.9 Å². The Morgan fingerprint density at radius 3 is 2.89 bits per heavy atom. The number of aromatic nitrogens is 1. The number of rotatable bonds is 7. The Morgan fingerprint density at radius 2 is 2.33 bits per heavy atom. The summed E-state index contributed by atoms with van der Waals surface area (Å²) in [6, 6.07) is 0.198. The smallest absolute Gasteiger partial charge is 0.0959 e. The molecule has 2 atom stereocenters. The maximum absolute atomic E-state index is 9.37. The van der Waals surface area contributed by atoms with E-state index >= 15 is 0 Å². The number of nitrogens with one attached hydrogen (secondary N) is 1. The number of nitrogens with zero attached hydrogens (tertiary/aromatic N) is 1. The molecule has 1 aliphatic rings. The van der Waals surface area contributed by atoms with Gasteiger partial charge >= 0.3 is 0 Å². The van der Waals surface area contributed by atoms with Gasteiger partial charge in [0, 0.05) is 29.6 Å². The van der Waals surface area contributed by atoms with Crippen LogP contribution in [0.1, 0.15) is 55.3 Å². The number of thiazole rings is 1. The van der Waals surface area contributed by atoms with Crippen molar-refractivity contribution in [2.24, 2.45) is 5.92 Å². The first-order valence-electron chi connectivity index (χ1n) is 7.03. The van der Waals surface area contributed by atoms with E-state index in [9.17, 15) is 5.11 Å². The van der Waals surface area contributed by atoms with E-state index in [1.54, 1.807) is 0 Å². The van der Waals surface area contributed by atoms with E-state index < -0.39 is 0 Å². The van der Waals surface area contributed by atoms with Crippen molar-refractivity contribution >= 4 is 11.3 Å². The highest BCUT2D eigenvalue weighted by Gasteiger charge is 2.22. The molecule has 1 aromatic rings. The number of aliphatic hydroxyl groups excluding tert-OH is 1. The molecular formula is C14H24N2OS. The highest BCUT2D eigenvalue weighted by molar-refractivity contribution is 7.11. The van der Waals surface area contributed by atoms with Gasteiger partial charge in [-0.1, -0.05) is 26.7 Å². The molecule has 4 heteroatoms. The highest BCUT2D eigenvalue weighted by atomic mass is 32.1. The van der Waals surface area contributed by atoms with Crippen LogP contribution < -0.4 is 5.32 Å². The maximum atomic E-state index is 9.37. The van der Waals surface area contributed by atoms with Crippen molar-refractivity contribution in [1.29, 1.82) is 0 Å². The van der Waals surface area contributed by atoms with Gasteiger partial charge in [-0.15, -0.1) is 11.3 Å². The summed E-state index contributed by atoms with van der Waals surface area (Å²) in [5.41, 5.74) is 0. The minimum absolute atomic E-state index is 0.198. The van der Waals surface area contributed by atoms with Crippen LogP contribution in [-0.2, 0) is 6.54 Å². The lowest BCUT2D eigenvalue weighted by atomic mass is 9.86. The van der Waals surface area contributed by atoms with Gasteiger partial charge < -0.3 is 10.4 Å². The number of hydrogen-bond donors (Lipinski definition) is 2. The molecule has 3 nitrogen and oxygen atoms in total. The van der Waals surface area contributed by atoms with E-state index in [1.165, 1.54) is 29.1 Å². The zero-order chi connectivity index (χ0) is 13.0. The molecule has 0 amide bonds. The van der Waals surface area contributed by atoms with E-state index in [4.69, 9.17) is 0 Å². The van der Waals surface area contributed by atoms with E-state index in [2.05, 4.69) is 24.1 Å². The fraction of sp³-hybridized carbons (Fsp3) is 0.786. The van der Waals surface area contributed by atoms with Crippen LogP contribution in [0.4, 0.5) is 0 Å². The van der Waals surface area contributed by atoms with Gasteiger partial charge in [-0.2, -0.15) is 0 Å². The van der Waals surface area contributed by atoms with Gasteiger partial charge in [-0.3, -0.25) is 0 Å². The van der Waals surface area contributed by atoms with Crippen LogP contribution in [0.15, 0.2) is 6.20 Å². The van der Waals surface area contributed by atoms with Crippen molar-refractivity contribution in [2.45, 2.75) is 58.0 Å². The van der Waals surface area contributed by atoms with Crippen molar-refractivity contribution in [3.63, 3.8) is 0 Å².